The summed E-state index contributed by atoms with van der Waals surface area (Å²) in [4.78, 5) is 15.3. The third-order valence-electron chi connectivity index (χ3n) is 6.63. The molecule has 0 bridgehead atoms. The van der Waals surface area contributed by atoms with Crippen molar-refractivity contribution in [3.05, 3.63) is 41.7 Å². The third kappa shape index (κ3) is 2.92. The molecule has 5 N–H and O–H groups in total. The van der Waals surface area contributed by atoms with Gasteiger partial charge in [0.15, 0.2) is 5.65 Å². The Hall–Kier alpha value is -1.87. The molecule has 152 valence electrons. The molecule has 1 saturated carbocycles. The van der Waals surface area contributed by atoms with E-state index in [0.717, 1.165) is 66.5 Å². The van der Waals surface area contributed by atoms with Crippen molar-refractivity contribution < 1.29 is 0 Å². The number of aromatic nitrogens is 4. The maximum absolute atomic E-state index is 7.17. The highest BCUT2D eigenvalue weighted by molar-refractivity contribution is 7.99. The van der Waals surface area contributed by atoms with Crippen LogP contribution in [0.15, 0.2) is 40.6 Å². The van der Waals surface area contributed by atoms with E-state index in [4.69, 9.17) is 28.1 Å². The van der Waals surface area contributed by atoms with Crippen LogP contribution in [-0.4, -0.2) is 32.4 Å². The molecule has 2 aliphatic rings. The van der Waals surface area contributed by atoms with Crippen LogP contribution in [0.3, 0.4) is 0 Å². The molecule has 4 heterocycles. The van der Waals surface area contributed by atoms with Gasteiger partial charge < -0.3 is 16.8 Å². The zero-order valence-corrected chi connectivity index (χ0v) is 17.6. The van der Waals surface area contributed by atoms with Crippen LogP contribution < -0.4 is 16.8 Å². The summed E-state index contributed by atoms with van der Waals surface area (Å²) < 4.78 is 2.07. The Morgan fingerprint density at radius 3 is 2.72 bits per heavy atom. The molecule has 1 spiro atoms. The van der Waals surface area contributed by atoms with E-state index in [1.54, 1.807) is 12.4 Å². The Balaban J connectivity index is 1.58. The molecule has 3 aromatic rings. The highest BCUT2D eigenvalue weighted by Crippen LogP contribution is 2.55. The topological polar surface area (TPSA) is 107 Å². The van der Waals surface area contributed by atoms with Crippen LogP contribution in [0.1, 0.15) is 37.9 Å². The smallest absolute Gasteiger partial charge is 0.153 e. The molecule has 1 saturated heterocycles. The molecule has 2 fully saturated rings. The number of nitrogens with zero attached hydrogens (tertiary/aromatic N) is 4. The molecule has 0 amide bonds. The van der Waals surface area contributed by atoms with Crippen molar-refractivity contribution in [3.8, 4) is 0 Å². The number of nitrogens with one attached hydrogen (secondary N) is 1. The van der Waals surface area contributed by atoms with Crippen molar-refractivity contribution in [2.45, 2.75) is 47.4 Å². The number of hydrogen-bond acceptors (Lipinski definition) is 7. The van der Waals surface area contributed by atoms with Gasteiger partial charge in [-0.05, 0) is 50.3 Å². The highest BCUT2D eigenvalue weighted by Gasteiger charge is 2.55. The number of fused-ring (bicyclic) bond motifs is 1. The predicted octanol–water partition coefficient (Wildman–Crippen LogP) is 3.22. The van der Waals surface area contributed by atoms with Crippen LogP contribution >= 0.6 is 23.4 Å². The van der Waals surface area contributed by atoms with Crippen LogP contribution in [0, 0.1) is 5.41 Å². The van der Waals surface area contributed by atoms with Gasteiger partial charge in [0.25, 0.3) is 0 Å². The first kappa shape index (κ1) is 19.1. The Labute approximate surface area is 178 Å². The van der Waals surface area contributed by atoms with Gasteiger partial charge in [-0.3, -0.25) is 4.40 Å². The molecule has 0 radical (unpaired) electrons. The van der Waals surface area contributed by atoms with Crippen LogP contribution in [0.4, 0.5) is 5.82 Å². The first-order valence-corrected chi connectivity index (χ1v) is 11.1. The maximum atomic E-state index is 7.17. The quantitative estimate of drug-likeness (QED) is 0.586. The van der Waals surface area contributed by atoms with Crippen LogP contribution in [-0.2, 0) is 5.54 Å². The molecule has 1 unspecified atom stereocenters. The van der Waals surface area contributed by atoms with Crippen molar-refractivity contribution in [1.82, 2.24) is 24.7 Å². The lowest BCUT2D eigenvalue weighted by atomic mass is 9.66. The molecule has 5 rings (SSSR count). The number of piperidine rings is 1. The lowest BCUT2D eigenvalue weighted by Crippen LogP contribution is -2.54. The molecule has 3 aromatic heterocycles. The average molecular weight is 430 g/mol. The van der Waals surface area contributed by atoms with E-state index < -0.39 is 5.54 Å². The first-order chi connectivity index (χ1) is 14.0. The summed E-state index contributed by atoms with van der Waals surface area (Å²) in [6.07, 6.45) is 12.7. The van der Waals surface area contributed by atoms with Crippen molar-refractivity contribution in [2.24, 2.45) is 11.1 Å². The molecule has 29 heavy (non-hydrogen) atoms. The molecule has 7 nitrogen and oxygen atoms in total. The summed E-state index contributed by atoms with van der Waals surface area (Å²) in [6, 6.07) is 1.85. The Morgan fingerprint density at radius 1 is 1.07 bits per heavy atom. The standard InChI is InChI=1S/C20H24ClN7S/c21-15-13(2-7-25-16(15)22)29-14-12-27-18(28-11-10-26-17(14)28)20(23)4-1-3-19(20)5-8-24-9-6-19/h2,7,10-12,24H,1,3-6,8-9,23H2,(H2,22,25). The summed E-state index contributed by atoms with van der Waals surface area (Å²) in [5, 5.41) is 3.93. The van der Waals surface area contributed by atoms with Crippen LogP contribution in [0.5, 0.6) is 0 Å². The zero-order chi connectivity index (χ0) is 20.1. The minimum Gasteiger partial charge on any atom is -0.382 e. The lowest BCUT2D eigenvalue weighted by Gasteiger charge is -2.46. The summed E-state index contributed by atoms with van der Waals surface area (Å²) in [6.45, 7) is 2.03. The second-order valence-electron chi connectivity index (χ2n) is 8.03. The SMILES string of the molecule is Nc1nccc(Sc2cnc(C3(N)CCCC34CCNCC4)n3ccnc23)c1Cl. The fraction of sp³-hybridized carbons (Fsp3) is 0.450. The second kappa shape index (κ2) is 7.12. The number of nitrogen functional groups attached to an aromatic ring is 1. The molecule has 9 heteroatoms. The van der Waals surface area contributed by atoms with E-state index >= 15 is 0 Å². The van der Waals surface area contributed by atoms with E-state index in [-0.39, 0.29) is 5.41 Å². The van der Waals surface area contributed by atoms with Gasteiger partial charge in [-0.2, -0.15) is 0 Å². The molecular formula is C20H24ClN7S. The Bertz CT molecular complexity index is 1060. The van der Waals surface area contributed by atoms with Crippen LogP contribution in [0.25, 0.3) is 5.65 Å². The number of nitrogens with two attached hydrogens (primary N) is 2. The molecule has 1 aliphatic heterocycles. The highest BCUT2D eigenvalue weighted by atomic mass is 35.5. The van der Waals surface area contributed by atoms with Gasteiger partial charge in [-0.1, -0.05) is 29.8 Å². The van der Waals surface area contributed by atoms with Gasteiger partial charge in [-0.15, -0.1) is 0 Å². The molecule has 1 aliphatic carbocycles. The minimum atomic E-state index is -0.448. The number of imidazole rings is 1. The number of anilines is 1. The Kier molecular flexibility index (Phi) is 4.70. The Morgan fingerprint density at radius 2 is 1.90 bits per heavy atom. The van der Waals surface area contributed by atoms with Gasteiger partial charge in [-0.25, -0.2) is 15.0 Å². The lowest BCUT2D eigenvalue weighted by molar-refractivity contribution is 0.0980. The average Bonchev–Trinajstić information content (AvgIpc) is 3.33. The number of rotatable bonds is 3. The van der Waals surface area contributed by atoms with Gasteiger partial charge in [0.2, 0.25) is 0 Å². The van der Waals surface area contributed by atoms with E-state index in [1.165, 1.54) is 11.8 Å². The second-order valence-corrected chi connectivity index (χ2v) is 9.49. The summed E-state index contributed by atoms with van der Waals surface area (Å²) in [5.41, 5.74) is 13.5. The normalized spacial score (nSPS) is 23.8. The largest absolute Gasteiger partial charge is 0.382 e. The summed E-state index contributed by atoms with van der Waals surface area (Å²) >= 11 is 7.83. The van der Waals surface area contributed by atoms with Crippen molar-refractivity contribution in [2.75, 3.05) is 18.8 Å². The van der Waals surface area contributed by atoms with Gasteiger partial charge in [0, 0.05) is 29.7 Å². The number of hydrogen-bond donors (Lipinski definition) is 3. The summed E-state index contributed by atoms with van der Waals surface area (Å²) in [5.74, 6) is 1.23. The fourth-order valence-corrected chi connectivity index (χ4v) is 6.22. The number of halogens is 1. The fourth-order valence-electron chi connectivity index (χ4n) is 5.08. The predicted molar refractivity (Wildman–Crippen MR) is 115 cm³/mol. The van der Waals surface area contributed by atoms with Crippen molar-refractivity contribution >= 4 is 34.8 Å². The van der Waals surface area contributed by atoms with E-state index in [2.05, 4.69) is 19.7 Å². The summed E-state index contributed by atoms with van der Waals surface area (Å²) in [7, 11) is 0. The molecule has 1 atom stereocenters. The first-order valence-electron chi connectivity index (χ1n) is 9.94. The van der Waals surface area contributed by atoms with Crippen molar-refractivity contribution in [3.63, 3.8) is 0 Å². The van der Waals surface area contributed by atoms with Gasteiger partial charge in [0.05, 0.1) is 15.5 Å². The molecular weight excluding hydrogens is 406 g/mol. The van der Waals surface area contributed by atoms with E-state index in [0.29, 0.717) is 10.8 Å². The van der Waals surface area contributed by atoms with Crippen molar-refractivity contribution in [1.29, 1.82) is 0 Å². The third-order valence-corrected chi connectivity index (χ3v) is 8.20. The van der Waals surface area contributed by atoms with Crippen LogP contribution in [0.2, 0.25) is 5.02 Å². The monoisotopic (exact) mass is 429 g/mol. The minimum absolute atomic E-state index is 0.0972. The molecule has 0 aromatic carbocycles. The maximum Gasteiger partial charge on any atom is 0.153 e. The number of pyridine rings is 1. The van der Waals surface area contributed by atoms with Gasteiger partial charge in [0.1, 0.15) is 11.6 Å². The zero-order valence-electron chi connectivity index (χ0n) is 16.1. The van der Waals surface area contributed by atoms with Gasteiger partial charge >= 0.3 is 0 Å². The van der Waals surface area contributed by atoms with E-state index in [9.17, 15) is 0 Å². The van der Waals surface area contributed by atoms with E-state index in [1.807, 2.05) is 18.5 Å².